The molecule has 0 aliphatic carbocycles. The number of para-hydroxylation sites is 1. The summed E-state index contributed by atoms with van der Waals surface area (Å²) in [5.41, 5.74) is 0.583. The van der Waals surface area contributed by atoms with Crippen molar-refractivity contribution in [3.05, 3.63) is 74.7 Å². The second-order valence-corrected chi connectivity index (χ2v) is 6.36. The van der Waals surface area contributed by atoms with Gasteiger partial charge in [0.25, 0.3) is 11.5 Å². The summed E-state index contributed by atoms with van der Waals surface area (Å²) in [6, 6.07) is 13.0. The Morgan fingerprint density at radius 3 is 2.53 bits per heavy atom. The van der Waals surface area contributed by atoms with E-state index < -0.39 is 23.0 Å². The first-order chi connectivity index (χ1) is 14.3. The lowest BCUT2D eigenvalue weighted by atomic mass is 10.3. The van der Waals surface area contributed by atoms with E-state index in [1.807, 2.05) is 6.07 Å². The molecule has 0 atom stereocenters. The van der Waals surface area contributed by atoms with E-state index in [9.17, 15) is 19.7 Å². The molecule has 0 unspecified atom stereocenters. The van der Waals surface area contributed by atoms with Gasteiger partial charge in [-0.25, -0.2) is 4.68 Å². The molecule has 3 rings (SSSR count). The fourth-order valence-corrected chi connectivity index (χ4v) is 2.92. The van der Waals surface area contributed by atoms with Gasteiger partial charge in [-0.05, 0) is 31.2 Å². The molecular weight excluding hydrogens is 392 g/mol. The van der Waals surface area contributed by atoms with Gasteiger partial charge in [-0.3, -0.25) is 24.4 Å². The SMILES string of the molecule is COc1ccc(OCC(=O)Nc2c(C)n(C)n(-c3ccccc3)c2=O)c([N+](=O)[O-])c1. The molecule has 1 heterocycles. The molecule has 10 nitrogen and oxygen atoms in total. The van der Waals surface area contributed by atoms with Gasteiger partial charge in [0.2, 0.25) is 0 Å². The van der Waals surface area contributed by atoms with Crippen LogP contribution in [0.5, 0.6) is 11.5 Å². The monoisotopic (exact) mass is 412 g/mol. The smallest absolute Gasteiger partial charge is 0.314 e. The van der Waals surface area contributed by atoms with E-state index in [2.05, 4.69) is 5.32 Å². The van der Waals surface area contributed by atoms with Crippen molar-refractivity contribution in [3.8, 4) is 17.2 Å². The van der Waals surface area contributed by atoms with Gasteiger partial charge in [0.15, 0.2) is 12.4 Å². The van der Waals surface area contributed by atoms with Gasteiger partial charge in [0.05, 0.1) is 29.5 Å². The van der Waals surface area contributed by atoms with E-state index in [4.69, 9.17) is 9.47 Å². The minimum Gasteiger partial charge on any atom is -0.496 e. The summed E-state index contributed by atoms with van der Waals surface area (Å²) in [6.45, 7) is 1.19. The number of nitrogens with one attached hydrogen (secondary N) is 1. The number of hydrogen-bond donors (Lipinski definition) is 1. The Balaban J connectivity index is 1.78. The molecule has 0 bridgehead atoms. The first-order valence-corrected chi connectivity index (χ1v) is 8.92. The number of aromatic nitrogens is 2. The highest BCUT2D eigenvalue weighted by Crippen LogP contribution is 2.31. The van der Waals surface area contributed by atoms with Gasteiger partial charge >= 0.3 is 5.69 Å². The summed E-state index contributed by atoms with van der Waals surface area (Å²) in [5.74, 6) is -0.409. The van der Waals surface area contributed by atoms with Gasteiger partial charge in [0, 0.05) is 7.05 Å². The molecule has 1 N–H and O–H groups in total. The highest BCUT2D eigenvalue weighted by atomic mass is 16.6. The maximum atomic E-state index is 12.8. The van der Waals surface area contributed by atoms with Crippen molar-refractivity contribution in [2.24, 2.45) is 7.05 Å². The number of carbonyl (C=O) groups excluding carboxylic acids is 1. The number of carbonyl (C=O) groups is 1. The average Bonchev–Trinajstić information content (AvgIpc) is 2.95. The molecular formula is C20H20N4O6. The lowest BCUT2D eigenvalue weighted by Crippen LogP contribution is -2.25. The van der Waals surface area contributed by atoms with Crippen molar-refractivity contribution in [1.82, 2.24) is 9.36 Å². The maximum absolute atomic E-state index is 12.8. The topological polar surface area (TPSA) is 118 Å². The van der Waals surface area contributed by atoms with Gasteiger partial charge < -0.3 is 14.8 Å². The summed E-state index contributed by atoms with van der Waals surface area (Å²) in [4.78, 5) is 35.8. The first kappa shape index (κ1) is 20.6. The Hall–Kier alpha value is -4.08. The highest BCUT2D eigenvalue weighted by molar-refractivity contribution is 5.92. The van der Waals surface area contributed by atoms with Crippen LogP contribution in [-0.2, 0) is 11.8 Å². The molecule has 0 fully saturated rings. The second-order valence-electron chi connectivity index (χ2n) is 6.36. The Kier molecular flexibility index (Phi) is 5.86. The minimum atomic E-state index is -0.629. The Bertz CT molecular complexity index is 1150. The number of nitrogens with zero attached hydrogens (tertiary/aromatic N) is 3. The first-order valence-electron chi connectivity index (χ1n) is 8.92. The minimum absolute atomic E-state index is 0.0811. The summed E-state index contributed by atoms with van der Waals surface area (Å²) < 4.78 is 13.3. The molecule has 0 aliphatic heterocycles. The van der Waals surface area contributed by atoms with E-state index in [-0.39, 0.29) is 17.1 Å². The van der Waals surface area contributed by atoms with Crippen LogP contribution in [0.1, 0.15) is 5.69 Å². The normalized spacial score (nSPS) is 10.5. The summed E-state index contributed by atoms with van der Waals surface area (Å²) in [6.07, 6.45) is 0. The zero-order valence-electron chi connectivity index (χ0n) is 16.6. The van der Waals surface area contributed by atoms with Crippen LogP contribution < -0.4 is 20.3 Å². The van der Waals surface area contributed by atoms with E-state index in [1.165, 1.54) is 30.0 Å². The Labute approximate surface area is 171 Å². The number of rotatable bonds is 7. The average molecular weight is 412 g/mol. The summed E-state index contributed by atoms with van der Waals surface area (Å²) >= 11 is 0. The number of hydrogen-bond acceptors (Lipinski definition) is 6. The fraction of sp³-hybridized carbons (Fsp3) is 0.200. The van der Waals surface area contributed by atoms with Crippen molar-refractivity contribution in [3.63, 3.8) is 0 Å². The third-order valence-electron chi connectivity index (χ3n) is 4.54. The fourth-order valence-electron chi connectivity index (χ4n) is 2.92. The Morgan fingerprint density at radius 2 is 1.90 bits per heavy atom. The van der Waals surface area contributed by atoms with Crippen molar-refractivity contribution >= 4 is 17.3 Å². The van der Waals surface area contributed by atoms with Crippen LogP contribution in [0.2, 0.25) is 0 Å². The van der Waals surface area contributed by atoms with Crippen LogP contribution in [-0.4, -0.2) is 33.9 Å². The molecule has 3 aromatic rings. The van der Waals surface area contributed by atoms with E-state index in [0.717, 1.165) is 0 Å². The van der Waals surface area contributed by atoms with Crippen molar-refractivity contribution < 1.29 is 19.2 Å². The predicted molar refractivity (Wildman–Crippen MR) is 110 cm³/mol. The van der Waals surface area contributed by atoms with E-state index >= 15 is 0 Å². The van der Waals surface area contributed by atoms with Gasteiger partial charge in [-0.2, -0.15) is 0 Å². The Morgan fingerprint density at radius 1 is 1.20 bits per heavy atom. The van der Waals surface area contributed by atoms with E-state index in [0.29, 0.717) is 17.1 Å². The lowest BCUT2D eigenvalue weighted by molar-refractivity contribution is -0.385. The zero-order chi connectivity index (χ0) is 21.8. The molecule has 10 heteroatoms. The third kappa shape index (κ3) is 4.02. The number of ether oxygens (including phenoxy) is 2. The summed E-state index contributed by atoms with van der Waals surface area (Å²) in [5, 5.41) is 13.8. The van der Waals surface area contributed by atoms with Gasteiger partial charge in [-0.1, -0.05) is 18.2 Å². The number of methoxy groups -OCH3 is 1. The molecule has 2 aromatic carbocycles. The molecule has 30 heavy (non-hydrogen) atoms. The largest absolute Gasteiger partial charge is 0.496 e. The van der Waals surface area contributed by atoms with E-state index in [1.54, 1.807) is 42.9 Å². The molecule has 156 valence electrons. The summed E-state index contributed by atoms with van der Waals surface area (Å²) in [7, 11) is 3.09. The van der Waals surface area contributed by atoms with Gasteiger partial charge in [-0.15, -0.1) is 0 Å². The number of nitro benzene ring substituents is 1. The number of anilines is 1. The predicted octanol–water partition coefficient (Wildman–Crippen LogP) is 2.42. The molecule has 0 saturated carbocycles. The van der Waals surface area contributed by atoms with Crippen LogP contribution in [0, 0.1) is 17.0 Å². The highest BCUT2D eigenvalue weighted by Gasteiger charge is 2.20. The third-order valence-corrected chi connectivity index (χ3v) is 4.54. The zero-order valence-corrected chi connectivity index (χ0v) is 16.6. The maximum Gasteiger partial charge on any atom is 0.314 e. The van der Waals surface area contributed by atoms with Crippen LogP contribution in [0.3, 0.4) is 0 Å². The van der Waals surface area contributed by atoms with Crippen molar-refractivity contribution in [2.45, 2.75) is 6.92 Å². The number of benzene rings is 2. The standard InChI is InChI=1S/C20H20N4O6/c1-13-19(20(26)23(22(13)2)14-7-5-4-6-8-14)21-18(25)12-30-17-10-9-15(29-3)11-16(17)24(27)28/h4-11H,12H2,1-3H3,(H,21,25). The van der Waals surface area contributed by atoms with Crippen molar-refractivity contribution in [2.75, 3.05) is 19.0 Å². The van der Waals surface area contributed by atoms with Crippen molar-refractivity contribution in [1.29, 1.82) is 0 Å². The van der Waals surface area contributed by atoms with Gasteiger partial charge in [0.1, 0.15) is 11.4 Å². The second kappa shape index (κ2) is 8.52. The molecule has 1 aromatic heterocycles. The van der Waals surface area contributed by atoms with Crippen LogP contribution in [0.15, 0.2) is 53.3 Å². The molecule has 0 radical (unpaired) electrons. The lowest BCUT2D eigenvalue weighted by Gasteiger charge is -2.08. The van der Waals surface area contributed by atoms with Crippen LogP contribution in [0.25, 0.3) is 5.69 Å². The molecule has 0 saturated heterocycles. The van der Waals surface area contributed by atoms with Crippen LogP contribution >= 0.6 is 0 Å². The number of amides is 1. The molecule has 0 aliphatic rings. The molecule has 0 spiro atoms. The molecule has 1 amide bonds. The van der Waals surface area contributed by atoms with Crippen LogP contribution in [0.4, 0.5) is 11.4 Å². The quantitative estimate of drug-likeness (QED) is 0.470. The number of nitro groups is 1.